The molecule has 0 saturated carbocycles. The molecule has 2 saturated heterocycles. The van der Waals surface area contributed by atoms with Crippen molar-refractivity contribution in [3.63, 3.8) is 0 Å². The summed E-state index contributed by atoms with van der Waals surface area (Å²) in [5.74, 6) is 0.622. The highest BCUT2D eigenvalue weighted by molar-refractivity contribution is 6.33. The monoisotopic (exact) mass is 517 g/mol. The van der Waals surface area contributed by atoms with Gasteiger partial charge in [0.25, 0.3) is 6.01 Å². The van der Waals surface area contributed by atoms with E-state index < -0.39 is 6.10 Å². The lowest BCUT2D eigenvalue weighted by atomic mass is 10.0. The van der Waals surface area contributed by atoms with E-state index in [-0.39, 0.29) is 24.9 Å². The van der Waals surface area contributed by atoms with Gasteiger partial charge < -0.3 is 24.3 Å². The number of fused-ring (bicyclic) bond motifs is 2. The predicted octanol–water partition coefficient (Wildman–Crippen LogP) is 3.03. The lowest BCUT2D eigenvalue weighted by Crippen LogP contribution is -2.34. The van der Waals surface area contributed by atoms with E-state index in [2.05, 4.69) is 35.6 Å². The number of nitrogens with zero attached hydrogens (tertiary/aromatic N) is 5. The Balaban J connectivity index is 1.11. The minimum Gasteiger partial charge on any atom is -0.456 e. The first kappa shape index (κ1) is 22.3. The van der Waals surface area contributed by atoms with Crippen molar-refractivity contribution >= 4 is 22.8 Å². The van der Waals surface area contributed by atoms with Crippen LogP contribution in [-0.4, -0.2) is 78.3 Å². The van der Waals surface area contributed by atoms with E-state index in [1.54, 1.807) is 6.07 Å². The van der Waals surface area contributed by atoms with Crippen LogP contribution in [0.15, 0.2) is 54.6 Å². The van der Waals surface area contributed by atoms with Crippen LogP contribution >= 0.6 is 11.6 Å². The molecule has 12 heteroatoms. The Kier molecular flexibility index (Phi) is 5.36. The molecule has 0 spiro atoms. The van der Waals surface area contributed by atoms with Crippen LogP contribution in [0.2, 0.25) is 5.02 Å². The number of H-pyrrole nitrogens is 2. The van der Waals surface area contributed by atoms with E-state index in [1.165, 1.54) is 0 Å². The number of pyridine rings is 1. The molecule has 5 aromatic rings. The molecule has 11 nitrogen and oxygen atoms in total. The number of aliphatic hydroxyl groups excluding tert-OH is 1. The van der Waals surface area contributed by atoms with Gasteiger partial charge in [-0.3, -0.25) is 0 Å². The minimum atomic E-state index is -0.639. The van der Waals surface area contributed by atoms with Crippen molar-refractivity contribution in [3.8, 4) is 39.8 Å². The number of halogens is 1. The smallest absolute Gasteiger partial charge is 0.296 e. The molecule has 5 heterocycles. The normalized spacial score (nSPS) is 23.0. The van der Waals surface area contributed by atoms with E-state index in [0.717, 1.165) is 22.3 Å². The van der Waals surface area contributed by atoms with Crippen LogP contribution in [0.5, 0.6) is 6.01 Å². The van der Waals surface area contributed by atoms with Crippen LogP contribution in [0.3, 0.4) is 0 Å². The number of hydrogen-bond donors (Lipinski definition) is 3. The lowest BCUT2D eigenvalue weighted by Gasteiger charge is -2.15. The maximum absolute atomic E-state index is 9.93. The van der Waals surface area contributed by atoms with Crippen LogP contribution in [0.4, 0.5) is 0 Å². The van der Waals surface area contributed by atoms with Gasteiger partial charge in [0.15, 0.2) is 17.6 Å². The summed E-state index contributed by atoms with van der Waals surface area (Å²) < 4.78 is 17.2. The largest absolute Gasteiger partial charge is 0.456 e. The number of rotatable bonds is 5. The summed E-state index contributed by atoms with van der Waals surface area (Å²) in [7, 11) is 0. The van der Waals surface area contributed by atoms with Crippen molar-refractivity contribution < 1.29 is 19.3 Å². The van der Waals surface area contributed by atoms with Gasteiger partial charge in [-0.1, -0.05) is 60.1 Å². The number of imidazole rings is 1. The third kappa shape index (κ3) is 4.02. The van der Waals surface area contributed by atoms with Crippen LogP contribution < -0.4 is 4.74 Å². The third-order valence-corrected chi connectivity index (χ3v) is 6.93. The quantitative estimate of drug-likeness (QED) is 0.320. The summed E-state index contributed by atoms with van der Waals surface area (Å²) in [6, 6.07) is 18.1. The van der Waals surface area contributed by atoms with Gasteiger partial charge in [0, 0.05) is 11.1 Å². The number of tetrazole rings is 1. The lowest BCUT2D eigenvalue weighted by molar-refractivity contribution is 0.00706. The van der Waals surface area contributed by atoms with Crippen LogP contribution in [0.25, 0.3) is 44.9 Å². The minimum absolute atomic E-state index is 0.236. The SMILES string of the molecule is O[C@@H]1COC2[C@H](Oc3nc4nc(-c5ccc(-c6ccc(-c7nnn[nH]7)cc6)cc5)c(Cl)cc4[nH]3)CO[C@@H]21. The zero-order chi connectivity index (χ0) is 24.9. The van der Waals surface area contributed by atoms with Crippen molar-refractivity contribution in [2.45, 2.75) is 24.4 Å². The Morgan fingerprint density at radius 1 is 0.892 bits per heavy atom. The maximum atomic E-state index is 9.93. The molecule has 0 aliphatic carbocycles. The van der Waals surface area contributed by atoms with Gasteiger partial charge >= 0.3 is 0 Å². The molecule has 2 fully saturated rings. The second-order valence-electron chi connectivity index (χ2n) is 8.96. The van der Waals surface area contributed by atoms with Crippen molar-refractivity contribution in [1.29, 1.82) is 0 Å². The van der Waals surface area contributed by atoms with Crippen molar-refractivity contribution in [1.82, 2.24) is 35.6 Å². The molecule has 2 aliphatic rings. The highest BCUT2D eigenvalue weighted by atomic mass is 35.5. The molecule has 1 unspecified atom stereocenters. The number of benzene rings is 2. The average Bonchev–Trinajstić information content (AvgIpc) is 3.71. The second kappa shape index (κ2) is 8.89. The van der Waals surface area contributed by atoms with Crippen LogP contribution in [0, 0.1) is 0 Å². The van der Waals surface area contributed by atoms with Crippen LogP contribution in [-0.2, 0) is 9.47 Å². The fourth-order valence-corrected chi connectivity index (χ4v) is 5.03. The summed E-state index contributed by atoms with van der Waals surface area (Å²) in [6.07, 6.45) is -1.71. The molecule has 2 aromatic carbocycles. The van der Waals surface area contributed by atoms with Gasteiger partial charge in [0.2, 0.25) is 0 Å². The number of nitrogens with one attached hydrogen (secondary N) is 2. The second-order valence-corrected chi connectivity index (χ2v) is 9.36. The molecule has 0 amide bonds. The topological polar surface area (TPSA) is 144 Å². The Bertz CT molecular complexity index is 1560. The predicted molar refractivity (Wildman–Crippen MR) is 133 cm³/mol. The fourth-order valence-electron chi connectivity index (χ4n) is 4.76. The van der Waals surface area contributed by atoms with Gasteiger partial charge in [-0.25, -0.2) is 10.1 Å². The van der Waals surface area contributed by atoms with Gasteiger partial charge in [-0.05, 0) is 27.6 Å². The molecule has 186 valence electrons. The Morgan fingerprint density at radius 3 is 2.32 bits per heavy atom. The van der Waals surface area contributed by atoms with Crippen molar-refractivity contribution in [2.75, 3.05) is 13.2 Å². The number of aliphatic hydroxyl groups is 1. The molecule has 0 radical (unpaired) electrons. The molecule has 0 bridgehead atoms. The Labute approximate surface area is 214 Å². The first-order chi connectivity index (χ1) is 18.1. The summed E-state index contributed by atoms with van der Waals surface area (Å²) in [5, 5.41) is 24.3. The van der Waals surface area contributed by atoms with E-state index in [0.29, 0.717) is 40.3 Å². The zero-order valence-electron chi connectivity index (χ0n) is 19.2. The van der Waals surface area contributed by atoms with Crippen molar-refractivity contribution in [3.05, 3.63) is 59.6 Å². The molecule has 2 aliphatic heterocycles. The number of hydrogen-bond acceptors (Lipinski definition) is 9. The Morgan fingerprint density at radius 2 is 1.59 bits per heavy atom. The van der Waals surface area contributed by atoms with Crippen molar-refractivity contribution in [2.24, 2.45) is 0 Å². The van der Waals surface area contributed by atoms with E-state index in [1.807, 2.05) is 48.5 Å². The van der Waals surface area contributed by atoms with E-state index >= 15 is 0 Å². The van der Waals surface area contributed by atoms with Gasteiger partial charge in [-0.2, -0.15) is 4.98 Å². The summed E-state index contributed by atoms with van der Waals surface area (Å²) >= 11 is 6.59. The van der Waals surface area contributed by atoms with E-state index in [4.69, 9.17) is 25.8 Å². The standard InChI is InChI=1S/C25H20ClN7O4/c26-16-9-17-24(29-25(27-17)37-19-11-36-21-18(34)10-35-22(19)21)28-20(16)14-5-1-12(2-6-14)13-3-7-15(8-4-13)23-30-32-33-31-23/h1-9,18-19,21-22,34H,10-11H2,(H,27,28,29)(H,30,31,32,33)/t18-,19-,21-,22?/m1/s1. The summed E-state index contributed by atoms with van der Waals surface area (Å²) in [6.45, 7) is 0.551. The van der Waals surface area contributed by atoms with Crippen LogP contribution in [0.1, 0.15) is 0 Å². The molecular formula is C25H20ClN7O4. The number of aromatic nitrogens is 7. The third-order valence-electron chi connectivity index (χ3n) is 6.65. The maximum Gasteiger partial charge on any atom is 0.296 e. The summed E-state index contributed by atoms with van der Waals surface area (Å²) in [4.78, 5) is 12.3. The first-order valence-corrected chi connectivity index (χ1v) is 12.1. The molecular weight excluding hydrogens is 498 g/mol. The molecule has 7 rings (SSSR count). The summed E-state index contributed by atoms with van der Waals surface area (Å²) in [5.41, 5.74) is 5.65. The number of aromatic amines is 2. The zero-order valence-corrected chi connectivity index (χ0v) is 20.0. The fraction of sp³-hybridized carbons (Fsp3) is 0.240. The highest BCUT2D eigenvalue weighted by Crippen LogP contribution is 2.33. The molecule has 3 N–H and O–H groups in total. The Hall–Kier alpha value is -3.90. The van der Waals surface area contributed by atoms with Gasteiger partial charge in [0.05, 0.1) is 29.4 Å². The van der Waals surface area contributed by atoms with Gasteiger partial charge in [-0.15, -0.1) is 5.10 Å². The molecule has 4 atom stereocenters. The average molecular weight is 518 g/mol. The first-order valence-electron chi connectivity index (χ1n) is 11.7. The van der Waals surface area contributed by atoms with Gasteiger partial charge in [0.1, 0.15) is 18.3 Å². The molecule has 37 heavy (non-hydrogen) atoms. The molecule has 3 aromatic heterocycles. The number of ether oxygens (including phenoxy) is 3. The highest BCUT2D eigenvalue weighted by Gasteiger charge is 2.48. The van der Waals surface area contributed by atoms with E-state index in [9.17, 15) is 5.11 Å².